The molecule has 5 aromatic rings. The van der Waals surface area contributed by atoms with Gasteiger partial charge in [-0.2, -0.15) is 0 Å². The Bertz CT molecular complexity index is 4790. The maximum absolute atomic E-state index is 15.7. The molecule has 4 aromatic carbocycles. The molecule has 0 saturated carbocycles. The van der Waals surface area contributed by atoms with Crippen LogP contribution in [0.2, 0.25) is 0 Å². The molecule has 1 aromatic heterocycles. The van der Waals surface area contributed by atoms with Gasteiger partial charge in [-0.3, -0.25) is 81.5 Å². The first kappa shape index (κ1) is 101. The third kappa shape index (κ3) is 28.2. The number of aromatic amines is 1. The van der Waals surface area contributed by atoms with Crippen molar-refractivity contribution in [3.8, 4) is 5.75 Å². The number of fused-ring (bicyclic) bond motifs is 3. The molecule has 0 radical (unpaired) electrons. The molecule has 3 saturated heterocycles. The van der Waals surface area contributed by atoms with Crippen LogP contribution >= 0.6 is 11.8 Å². The molecular formula is C90H122FN17O19S. The number of para-hydroxylation sites is 1. The molecule has 38 heteroatoms. The highest BCUT2D eigenvalue weighted by Crippen LogP contribution is 2.29. The number of hydrogen-bond acceptors (Lipinski definition) is 19. The van der Waals surface area contributed by atoms with E-state index in [9.17, 15) is 53.0 Å². The highest BCUT2D eigenvalue weighted by atomic mass is 32.2. The number of phenolic OH excluding ortho intramolecular Hbond substituents is 1. The lowest BCUT2D eigenvalue weighted by atomic mass is 9.94. The summed E-state index contributed by atoms with van der Waals surface area (Å²) < 4.78 is 14.6. The summed E-state index contributed by atoms with van der Waals surface area (Å²) >= 11 is 0.788. The second kappa shape index (κ2) is 47.9. The lowest BCUT2D eigenvalue weighted by Gasteiger charge is -2.38. The van der Waals surface area contributed by atoms with E-state index in [1.165, 1.54) is 72.2 Å². The average molecular weight is 1800 g/mol. The minimum absolute atomic E-state index is 0.00475. The molecule has 4 heterocycles. The summed E-state index contributed by atoms with van der Waals surface area (Å²) in [7, 11) is 3.98. The lowest BCUT2D eigenvalue weighted by molar-refractivity contribution is -0.152. The highest BCUT2D eigenvalue weighted by molar-refractivity contribution is 8.00. The first-order valence-corrected chi connectivity index (χ1v) is 44.5. The maximum Gasteiger partial charge on any atom is 0.305 e. The second-order valence-electron chi connectivity index (χ2n) is 33.8. The Morgan fingerprint density at radius 1 is 0.539 bits per heavy atom. The first-order chi connectivity index (χ1) is 60.8. The molecule has 3 aliphatic rings. The van der Waals surface area contributed by atoms with Crippen LogP contribution in [0.25, 0.3) is 10.9 Å². The van der Waals surface area contributed by atoms with E-state index in [4.69, 9.17) is 11.5 Å². The van der Waals surface area contributed by atoms with Gasteiger partial charge in [0.15, 0.2) is 0 Å². The zero-order chi connectivity index (χ0) is 93.9. The molecule has 14 atom stereocenters. The summed E-state index contributed by atoms with van der Waals surface area (Å²) in [5, 5.41) is 45.3. The number of carbonyl (C=O) groups excluding carboxylic acids is 16. The van der Waals surface area contributed by atoms with Crippen molar-refractivity contribution in [2.75, 3.05) is 52.3 Å². The zero-order valence-corrected chi connectivity index (χ0v) is 74.8. The van der Waals surface area contributed by atoms with Gasteiger partial charge < -0.3 is 99.0 Å². The summed E-state index contributed by atoms with van der Waals surface area (Å²) in [6.45, 7) is 11.0. The van der Waals surface area contributed by atoms with E-state index in [0.717, 1.165) is 33.7 Å². The Labute approximate surface area is 747 Å². The van der Waals surface area contributed by atoms with Crippen LogP contribution in [0.3, 0.4) is 0 Å². The molecule has 16 amide bonds. The second-order valence-corrected chi connectivity index (χ2v) is 34.9. The van der Waals surface area contributed by atoms with Crippen LogP contribution in [0.4, 0.5) is 4.39 Å². The fourth-order valence-electron chi connectivity index (χ4n) is 16.1. The van der Waals surface area contributed by atoms with Gasteiger partial charge in [-0.25, -0.2) is 4.39 Å². The van der Waals surface area contributed by atoms with Crippen molar-refractivity contribution in [1.82, 2.24) is 77.3 Å². The number of nitrogens with one attached hydrogen (secondary N) is 10. The zero-order valence-electron chi connectivity index (χ0n) is 74.0. The number of amides is 16. The smallest absolute Gasteiger partial charge is 0.305 e. The number of aliphatic carboxylic acids is 1. The number of carboxylic acid groups (broad SMARTS) is 1. The number of unbranched alkanes of at least 4 members (excludes halogenated alkanes) is 1. The predicted octanol–water partition coefficient (Wildman–Crippen LogP) is 1.65. The van der Waals surface area contributed by atoms with Gasteiger partial charge in [-0.1, -0.05) is 141 Å². The summed E-state index contributed by atoms with van der Waals surface area (Å²) in [5.41, 5.74) is 13.6. The van der Waals surface area contributed by atoms with Crippen molar-refractivity contribution in [3.05, 3.63) is 137 Å². The minimum Gasteiger partial charge on any atom is -0.508 e. The van der Waals surface area contributed by atoms with Gasteiger partial charge in [-0.05, 0) is 115 Å². The number of nitrogens with zero attached hydrogens (tertiary/aromatic N) is 5. The first-order valence-electron chi connectivity index (χ1n) is 43.4. The SMILES string of the molecule is CCCC[C@H]1C(=O)N2CCC[C@@H]2C(=O)N[C@@H](CC(=O)O)C(=O)N[C@@H](C(C)C)C(=O)N(C)[C@@H](C(C)CC)C(=O)N[C@@H](CCC(N)=O)C(=O)N2CCC[C@@H]2C(=O)N[C@@H](Cc2c[nH]c3ccccc23)C(=O)N[C@@H](Cc2ccc(O)cc2)C(=O)N[C@@H](CC(C)C)C(=O)N[C@H](C(=O)NCC(N)=O)CSCC(=O)N[C@@H](Cc2ccc(F)cc2)C(=O)N(C)[C@@H](Cc2ccccc2)C(=O)N1C. The van der Waals surface area contributed by atoms with Gasteiger partial charge in [0.1, 0.15) is 90.1 Å². The standard InChI is InChI=1S/C90H122FN17O19S/c1-11-13-25-70-89(126)108-39-20-27-69(108)84(121)101-65(45-75(113)114)82(119)103-76(51(5)6)90(127)106(10)77(52(7)12-2)85(122)97-61(36-37-72(92)110)87(124)107-38-19-26-68(107)83(120)100-64(44-56-46-94-60-24-18-17-23-59(56)60)81(118)99-63(41-55-30-34-58(109)35-31-55)80(117)98-62(40-50(3)4)79(116)102-67(78(115)95-47-73(93)111)48-128-49-74(112)96-66(42-54-28-32-57(91)33-29-54)86(123)105(9)71(88(125)104(70)8)43-53-21-15-14-16-22-53/h14-18,21-24,28-35,46,50-52,61-71,76-77,94,109H,11-13,19-20,25-27,36-45,47-49H2,1-10H3,(H2,92,110)(H2,93,111)(H,95,115)(H,96,112)(H,97,122)(H,98,117)(H,99,118)(H,100,120)(H,101,121)(H,102,116)(H,103,119)(H,113,114)/t52?,61-,62-,63-,64-,65-,66-,67-,68+,69+,70-,71-,76-,77-/m0/s1. The number of thioether (sulfide) groups is 1. The van der Waals surface area contributed by atoms with Crippen LogP contribution in [0.1, 0.15) is 148 Å². The Balaban J connectivity index is 1.22. The van der Waals surface area contributed by atoms with Crippen molar-refractivity contribution in [1.29, 1.82) is 0 Å². The summed E-state index contributed by atoms with van der Waals surface area (Å²) in [4.78, 5) is 258. The number of hydrogen-bond donors (Lipinski definition) is 14. The van der Waals surface area contributed by atoms with Crippen molar-refractivity contribution >= 4 is 123 Å². The highest BCUT2D eigenvalue weighted by Gasteiger charge is 2.47. The summed E-state index contributed by atoms with van der Waals surface area (Å²) in [6.07, 6.45) is 0.152. The Morgan fingerprint density at radius 2 is 1.08 bits per heavy atom. The van der Waals surface area contributed by atoms with Gasteiger partial charge in [0, 0.05) is 89.2 Å². The van der Waals surface area contributed by atoms with Crippen molar-refractivity contribution in [2.24, 2.45) is 29.2 Å². The van der Waals surface area contributed by atoms with E-state index in [0.29, 0.717) is 46.0 Å². The summed E-state index contributed by atoms with van der Waals surface area (Å²) in [6, 6.07) is 6.54. The monoisotopic (exact) mass is 1800 g/mol. The number of benzene rings is 4. The minimum atomic E-state index is -1.90. The topological polar surface area (TPSA) is 523 Å². The molecular weight excluding hydrogens is 1670 g/mol. The van der Waals surface area contributed by atoms with Gasteiger partial charge >= 0.3 is 5.97 Å². The van der Waals surface area contributed by atoms with E-state index >= 15 is 43.2 Å². The van der Waals surface area contributed by atoms with Crippen molar-refractivity contribution in [2.45, 2.75) is 230 Å². The van der Waals surface area contributed by atoms with Gasteiger partial charge in [0.25, 0.3) is 0 Å². The van der Waals surface area contributed by atoms with Gasteiger partial charge in [-0.15, -0.1) is 11.8 Å². The van der Waals surface area contributed by atoms with Crippen LogP contribution in [0.15, 0.2) is 109 Å². The van der Waals surface area contributed by atoms with Crippen LogP contribution in [-0.4, -0.2) is 271 Å². The number of halogens is 1. The van der Waals surface area contributed by atoms with E-state index in [2.05, 4.69) is 52.8 Å². The third-order valence-corrected chi connectivity index (χ3v) is 24.4. The predicted molar refractivity (Wildman–Crippen MR) is 472 cm³/mol. The van der Waals surface area contributed by atoms with Crippen molar-refractivity contribution in [3.63, 3.8) is 0 Å². The molecule has 16 N–H and O–H groups in total. The number of likely N-dealkylation sites (N-methyl/N-ethyl adjacent to an activating group) is 3. The van der Waals surface area contributed by atoms with E-state index in [1.807, 2.05) is 6.92 Å². The van der Waals surface area contributed by atoms with Gasteiger partial charge in [0.2, 0.25) is 94.5 Å². The van der Waals surface area contributed by atoms with Gasteiger partial charge in [0.05, 0.1) is 18.7 Å². The van der Waals surface area contributed by atoms with Crippen LogP contribution in [0.5, 0.6) is 5.75 Å². The molecule has 1 unspecified atom stereocenters. The largest absolute Gasteiger partial charge is 0.508 e. The molecule has 128 heavy (non-hydrogen) atoms. The number of H-pyrrole nitrogens is 1. The van der Waals surface area contributed by atoms with E-state index in [-0.39, 0.29) is 95.4 Å². The van der Waals surface area contributed by atoms with Crippen LogP contribution < -0.4 is 59.3 Å². The van der Waals surface area contributed by atoms with Crippen LogP contribution in [0, 0.1) is 23.6 Å². The van der Waals surface area contributed by atoms with Crippen LogP contribution in [-0.2, 0) is 107 Å². The number of rotatable bonds is 24. The normalized spacial score (nSPS) is 24.3. The Kier molecular flexibility index (Phi) is 37.7. The molecule has 0 aliphatic carbocycles. The van der Waals surface area contributed by atoms with E-state index in [1.54, 1.807) is 102 Å². The number of aromatic nitrogens is 1. The molecule has 694 valence electrons. The number of carbonyl (C=O) groups is 17. The number of aromatic hydroxyl groups is 1. The number of carboxylic acids is 1. The van der Waals surface area contributed by atoms with Crippen molar-refractivity contribution < 1.29 is 96.1 Å². The molecule has 0 spiro atoms. The fraction of sp³-hybridized carbons (Fsp3) is 0.522. The summed E-state index contributed by atoms with van der Waals surface area (Å²) in [5.74, 6) is -19.6. The lowest BCUT2D eigenvalue weighted by Crippen LogP contribution is -2.62. The van der Waals surface area contributed by atoms with E-state index < -0.39 is 234 Å². The quantitative estimate of drug-likeness (QED) is 0.0418. The molecule has 3 aliphatic heterocycles. The molecule has 36 nitrogen and oxygen atoms in total. The maximum atomic E-state index is 15.7. The molecule has 0 bridgehead atoms. The average Bonchev–Trinajstić information content (AvgIpc) is 1.47. The number of phenols is 1. The molecule has 8 rings (SSSR count). The fourth-order valence-corrected chi connectivity index (χ4v) is 17.0. The Hall–Kier alpha value is -12.5. The third-order valence-electron chi connectivity index (χ3n) is 23.4. The Morgan fingerprint density at radius 3 is 1.67 bits per heavy atom. The molecule has 3 fully saturated rings. The number of primary amides is 2. The number of nitrogens with two attached hydrogens (primary N) is 2.